The molecule has 9 heteroatoms. The summed E-state index contributed by atoms with van der Waals surface area (Å²) in [5.74, 6) is 0.0745. The summed E-state index contributed by atoms with van der Waals surface area (Å²) < 4.78 is 38.4. The number of thiophene rings is 1. The molecule has 0 unspecified atom stereocenters. The molecule has 0 spiro atoms. The number of nitrogens with one attached hydrogen (secondary N) is 2. The summed E-state index contributed by atoms with van der Waals surface area (Å²) in [6.07, 6.45) is -2.32. The summed E-state index contributed by atoms with van der Waals surface area (Å²) in [6, 6.07) is 6.25. The van der Waals surface area contributed by atoms with Crippen LogP contribution in [-0.2, 0) is 12.6 Å². The van der Waals surface area contributed by atoms with Crippen LogP contribution in [-0.4, -0.2) is 30.6 Å². The summed E-state index contributed by atoms with van der Waals surface area (Å²) in [5.41, 5.74) is 4.92. The molecule has 0 atom stereocenters. The van der Waals surface area contributed by atoms with E-state index in [1.807, 2.05) is 17.5 Å². The minimum absolute atomic E-state index is 0.194. The number of guanidine groups is 1. The van der Waals surface area contributed by atoms with Crippen LogP contribution in [0.5, 0.6) is 0 Å². The van der Waals surface area contributed by atoms with E-state index in [2.05, 4.69) is 20.6 Å². The molecule has 0 aliphatic rings. The number of rotatable bonds is 7. The standard InChI is InChI=1S/C15H18F3N5S/c16-15(17,18)12-4-1-6-20-13(12)21-8-9-23-14(19)22-7-5-11-3-2-10-24-11/h1-4,6,10H,5,7-9H2,(H,20,21)(H3,19,22,23). The molecule has 0 radical (unpaired) electrons. The Hall–Kier alpha value is -2.29. The fourth-order valence-electron chi connectivity index (χ4n) is 1.94. The molecule has 0 bridgehead atoms. The van der Waals surface area contributed by atoms with Gasteiger partial charge in [0.15, 0.2) is 5.96 Å². The maximum absolute atomic E-state index is 12.8. The van der Waals surface area contributed by atoms with Crippen molar-refractivity contribution in [2.75, 3.05) is 25.0 Å². The van der Waals surface area contributed by atoms with Crippen molar-refractivity contribution in [2.45, 2.75) is 12.6 Å². The number of nitrogens with two attached hydrogens (primary N) is 1. The Morgan fingerprint density at radius 3 is 2.79 bits per heavy atom. The van der Waals surface area contributed by atoms with Gasteiger partial charge >= 0.3 is 6.18 Å². The SMILES string of the molecule is NC(=NCCc1cccs1)NCCNc1ncccc1C(F)(F)F. The maximum atomic E-state index is 12.8. The molecule has 2 rings (SSSR count). The molecule has 24 heavy (non-hydrogen) atoms. The first-order valence-corrected chi connectivity index (χ1v) is 8.17. The van der Waals surface area contributed by atoms with E-state index in [4.69, 9.17) is 5.73 Å². The largest absolute Gasteiger partial charge is 0.419 e. The number of alkyl halides is 3. The third kappa shape index (κ3) is 5.73. The van der Waals surface area contributed by atoms with Crippen LogP contribution in [0.15, 0.2) is 40.8 Å². The first-order valence-electron chi connectivity index (χ1n) is 7.29. The molecule has 4 N–H and O–H groups in total. The van der Waals surface area contributed by atoms with Gasteiger partial charge in [-0.25, -0.2) is 4.98 Å². The van der Waals surface area contributed by atoms with Crippen molar-refractivity contribution in [3.8, 4) is 0 Å². The van der Waals surface area contributed by atoms with E-state index in [0.29, 0.717) is 13.1 Å². The average Bonchev–Trinajstić information content (AvgIpc) is 3.04. The molecule has 2 aromatic heterocycles. The third-order valence-corrected chi connectivity index (χ3v) is 3.99. The molecular formula is C15H18F3N5S. The van der Waals surface area contributed by atoms with Crippen molar-refractivity contribution >= 4 is 23.1 Å². The van der Waals surface area contributed by atoms with Crippen LogP contribution in [0.1, 0.15) is 10.4 Å². The number of hydrogen-bond acceptors (Lipinski definition) is 4. The molecule has 0 saturated carbocycles. The highest BCUT2D eigenvalue weighted by atomic mass is 32.1. The lowest BCUT2D eigenvalue weighted by Gasteiger charge is -2.13. The normalized spacial score (nSPS) is 12.2. The Morgan fingerprint density at radius 1 is 1.25 bits per heavy atom. The Bertz CT molecular complexity index is 655. The summed E-state index contributed by atoms with van der Waals surface area (Å²) in [5, 5.41) is 7.50. The van der Waals surface area contributed by atoms with Crippen molar-refractivity contribution in [3.63, 3.8) is 0 Å². The lowest BCUT2D eigenvalue weighted by Crippen LogP contribution is -2.35. The van der Waals surface area contributed by atoms with Crippen molar-refractivity contribution < 1.29 is 13.2 Å². The molecule has 0 amide bonds. The van der Waals surface area contributed by atoms with Crippen molar-refractivity contribution in [1.82, 2.24) is 10.3 Å². The Kier molecular flexibility index (Phi) is 6.42. The van der Waals surface area contributed by atoms with E-state index >= 15 is 0 Å². The summed E-state index contributed by atoms with van der Waals surface area (Å²) in [7, 11) is 0. The van der Waals surface area contributed by atoms with Crippen LogP contribution < -0.4 is 16.4 Å². The van der Waals surface area contributed by atoms with Gasteiger partial charge in [-0.2, -0.15) is 13.2 Å². The van der Waals surface area contributed by atoms with Crippen molar-refractivity contribution in [3.05, 3.63) is 46.3 Å². The molecular weight excluding hydrogens is 339 g/mol. The van der Waals surface area contributed by atoms with Gasteiger partial charge < -0.3 is 16.4 Å². The number of hydrogen-bond donors (Lipinski definition) is 3. The predicted molar refractivity (Wildman–Crippen MR) is 90.2 cm³/mol. The number of aliphatic imine (C=N–C) groups is 1. The van der Waals surface area contributed by atoms with Gasteiger partial charge in [0.05, 0.1) is 5.56 Å². The van der Waals surface area contributed by atoms with Crippen LogP contribution in [0.4, 0.5) is 19.0 Å². The van der Waals surface area contributed by atoms with E-state index in [1.54, 1.807) is 11.3 Å². The highest BCUT2D eigenvalue weighted by molar-refractivity contribution is 7.09. The minimum Gasteiger partial charge on any atom is -0.370 e. The second-order valence-corrected chi connectivity index (χ2v) is 5.88. The van der Waals surface area contributed by atoms with Crippen LogP contribution in [0.25, 0.3) is 0 Å². The topological polar surface area (TPSA) is 75.3 Å². The van der Waals surface area contributed by atoms with Gasteiger partial charge in [0, 0.05) is 37.1 Å². The van der Waals surface area contributed by atoms with Crippen molar-refractivity contribution in [1.29, 1.82) is 0 Å². The Morgan fingerprint density at radius 2 is 2.08 bits per heavy atom. The first kappa shape index (κ1) is 18.1. The molecule has 130 valence electrons. The lowest BCUT2D eigenvalue weighted by molar-refractivity contribution is -0.137. The quantitative estimate of drug-likeness (QED) is 0.405. The summed E-state index contributed by atoms with van der Waals surface area (Å²) >= 11 is 1.66. The third-order valence-electron chi connectivity index (χ3n) is 3.06. The van der Waals surface area contributed by atoms with Gasteiger partial charge in [-0.3, -0.25) is 4.99 Å². The molecule has 0 aliphatic heterocycles. The zero-order chi connectivity index (χ0) is 17.4. The Balaban J connectivity index is 1.73. The number of pyridine rings is 1. The smallest absolute Gasteiger partial charge is 0.370 e. The second kappa shape index (κ2) is 8.53. The van der Waals surface area contributed by atoms with Gasteiger partial charge in [-0.15, -0.1) is 11.3 Å². The highest BCUT2D eigenvalue weighted by Crippen LogP contribution is 2.33. The molecule has 0 saturated heterocycles. The predicted octanol–water partition coefficient (Wildman–Crippen LogP) is 2.72. The van der Waals surface area contributed by atoms with E-state index in [9.17, 15) is 13.2 Å². The fraction of sp³-hybridized carbons (Fsp3) is 0.333. The summed E-state index contributed by atoms with van der Waals surface area (Å²) in [4.78, 5) is 9.11. The molecule has 2 aromatic rings. The van der Waals surface area contributed by atoms with Crippen LogP contribution in [0.3, 0.4) is 0 Å². The van der Waals surface area contributed by atoms with E-state index < -0.39 is 11.7 Å². The van der Waals surface area contributed by atoms with E-state index in [1.165, 1.54) is 17.1 Å². The fourth-order valence-corrected chi connectivity index (χ4v) is 2.64. The van der Waals surface area contributed by atoms with Crippen LogP contribution in [0.2, 0.25) is 0 Å². The van der Waals surface area contributed by atoms with Gasteiger partial charge in [0.1, 0.15) is 5.82 Å². The molecule has 0 aliphatic carbocycles. The van der Waals surface area contributed by atoms with E-state index in [-0.39, 0.29) is 18.3 Å². The van der Waals surface area contributed by atoms with Gasteiger partial charge in [-0.05, 0) is 23.6 Å². The minimum atomic E-state index is -4.44. The zero-order valence-electron chi connectivity index (χ0n) is 12.8. The Labute approximate surface area is 141 Å². The van der Waals surface area contributed by atoms with Crippen LogP contribution in [0, 0.1) is 0 Å². The van der Waals surface area contributed by atoms with Crippen molar-refractivity contribution in [2.24, 2.45) is 10.7 Å². The highest BCUT2D eigenvalue weighted by Gasteiger charge is 2.33. The molecule has 0 fully saturated rings. The van der Waals surface area contributed by atoms with E-state index in [0.717, 1.165) is 12.5 Å². The van der Waals surface area contributed by atoms with Gasteiger partial charge in [-0.1, -0.05) is 6.07 Å². The molecule has 5 nitrogen and oxygen atoms in total. The number of anilines is 1. The monoisotopic (exact) mass is 357 g/mol. The number of nitrogens with zero attached hydrogens (tertiary/aromatic N) is 2. The number of halogens is 3. The molecule has 2 heterocycles. The second-order valence-electron chi connectivity index (χ2n) is 4.85. The summed E-state index contributed by atoms with van der Waals surface area (Å²) in [6.45, 7) is 1.13. The maximum Gasteiger partial charge on any atom is 0.419 e. The first-order chi connectivity index (χ1) is 11.5. The van der Waals surface area contributed by atoms with Crippen LogP contribution >= 0.6 is 11.3 Å². The van der Waals surface area contributed by atoms with Gasteiger partial charge in [0.25, 0.3) is 0 Å². The molecule has 0 aromatic carbocycles. The zero-order valence-corrected chi connectivity index (χ0v) is 13.6. The lowest BCUT2D eigenvalue weighted by atomic mass is 10.2. The average molecular weight is 357 g/mol. The van der Waals surface area contributed by atoms with Gasteiger partial charge in [0.2, 0.25) is 0 Å². The number of aromatic nitrogens is 1.